The van der Waals surface area contributed by atoms with Crippen LogP contribution < -0.4 is 20.7 Å². The van der Waals surface area contributed by atoms with Crippen LogP contribution in [0.25, 0.3) is 22.9 Å². The molecule has 0 aliphatic heterocycles. The molecule has 2 heterocycles. The summed E-state index contributed by atoms with van der Waals surface area (Å²) in [7, 11) is -7.48. The van der Waals surface area contributed by atoms with Crippen molar-refractivity contribution in [3.05, 3.63) is 89.0 Å². The minimum atomic E-state index is -3.74. The second-order valence-corrected chi connectivity index (χ2v) is 18.1. The highest BCUT2D eigenvalue weighted by Gasteiger charge is 2.25. The first-order valence-electron chi connectivity index (χ1n) is 20.3. The van der Waals surface area contributed by atoms with Crippen molar-refractivity contribution in [1.29, 1.82) is 0 Å². The van der Waals surface area contributed by atoms with Gasteiger partial charge in [0.1, 0.15) is 0 Å². The Labute approximate surface area is 390 Å². The van der Waals surface area contributed by atoms with Gasteiger partial charge in [-0.15, -0.1) is 10.2 Å². The Balaban J connectivity index is 1.01. The number of ether oxygens (including phenoxy) is 5. The van der Waals surface area contributed by atoms with Crippen LogP contribution in [0.15, 0.2) is 73.9 Å². The summed E-state index contributed by atoms with van der Waals surface area (Å²) in [6, 6.07) is 11.5. The smallest absolute Gasteiger partial charge is 0.335 e. The highest BCUT2D eigenvalue weighted by molar-refractivity contribution is 7.90. The molecule has 28 heteroatoms. The molecule has 0 atom stereocenters. The summed E-state index contributed by atoms with van der Waals surface area (Å²) in [6.45, 7) is 0.225. The molecule has 5 aromatic rings. The minimum Gasteiger partial charge on any atom is -0.420 e. The van der Waals surface area contributed by atoms with Gasteiger partial charge in [0, 0.05) is 60.5 Å². The van der Waals surface area contributed by atoms with Gasteiger partial charge in [-0.25, -0.2) is 25.6 Å². The summed E-state index contributed by atoms with van der Waals surface area (Å²) in [6.07, 6.45) is 1.35. The Kier molecular flexibility index (Phi) is 19.3. The molecule has 0 radical (unpaired) electrons. The highest BCUT2D eigenvalue weighted by Crippen LogP contribution is 2.27. The number of rotatable bonds is 27. The molecule has 372 valence electrons. The van der Waals surface area contributed by atoms with Gasteiger partial charge < -0.3 is 48.5 Å². The van der Waals surface area contributed by atoms with Crippen LogP contribution in [0.3, 0.4) is 0 Å². The van der Waals surface area contributed by atoms with Crippen molar-refractivity contribution in [1.82, 2.24) is 36.3 Å². The van der Waals surface area contributed by atoms with E-state index >= 15 is 0 Å². The highest BCUT2D eigenvalue weighted by atomic mass is 32.2. The number of esters is 1. The summed E-state index contributed by atoms with van der Waals surface area (Å²) in [4.78, 5) is 51.3. The summed E-state index contributed by atoms with van der Waals surface area (Å²) in [5, 5.41) is 21.3. The number of hydrogen-bond acceptors (Lipinski definition) is 19. The third kappa shape index (κ3) is 16.2. The number of benzene rings is 3. The molecule has 2 aromatic heterocycles. The summed E-state index contributed by atoms with van der Waals surface area (Å²) in [5.41, 5.74) is 1.02. The first-order valence-corrected chi connectivity index (χ1v) is 24.1. The third-order valence-electron chi connectivity index (χ3n) is 9.02. The number of sulfone groups is 2. The first-order chi connectivity index (χ1) is 32.8. The average Bonchev–Trinajstić information content (AvgIpc) is 4.04. The molecule has 0 saturated carbocycles. The maximum absolute atomic E-state index is 13.6. The van der Waals surface area contributed by atoms with E-state index in [2.05, 4.69) is 41.1 Å². The van der Waals surface area contributed by atoms with E-state index in [9.17, 15) is 53.6 Å². The van der Waals surface area contributed by atoms with Gasteiger partial charge in [-0.1, -0.05) is 10.2 Å². The summed E-state index contributed by atoms with van der Waals surface area (Å²) in [5.74, 6) is -12.6. The fourth-order valence-electron chi connectivity index (χ4n) is 5.49. The molecule has 69 heavy (non-hydrogen) atoms. The molecule has 0 fully saturated rings. The van der Waals surface area contributed by atoms with Crippen molar-refractivity contribution in [2.75, 3.05) is 85.0 Å². The topological polar surface area (TPSA) is 297 Å². The lowest BCUT2D eigenvalue weighted by atomic mass is 10.1. The number of nitrogens with one attached hydrogen (secondary N) is 3. The van der Waals surface area contributed by atoms with Crippen LogP contribution in [0.1, 0.15) is 27.1 Å². The quantitative estimate of drug-likeness (QED) is 0.0223. The molecule has 0 aliphatic rings. The Bertz CT molecular complexity index is 2640. The predicted molar refractivity (Wildman–Crippen MR) is 227 cm³/mol. The fraction of sp³-hybridized carbons (Fsp3) is 0.366. The van der Waals surface area contributed by atoms with E-state index in [1.165, 1.54) is 48.5 Å². The second-order valence-electron chi connectivity index (χ2n) is 14.3. The number of carbonyl (C=O) groups is 4. The van der Waals surface area contributed by atoms with Gasteiger partial charge in [0.05, 0.1) is 65.2 Å². The van der Waals surface area contributed by atoms with E-state index in [4.69, 9.17) is 27.8 Å². The molecule has 3 amide bonds. The van der Waals surface area contributed by atoms with E-state index in [0.29, 0.717) is 11.1 Å². The van der Waals surface area contributed by atoms with Crippen LogP contribution >= 0.6 is 0 Å². The molecule has 5 rings (SSSR count). The normalized spacial score (nSPS) is 11.7. The monoisotopic (exact) mass is 1010 g/mol. The largest absolute Gasteiger partial charge is 0.420 e. The summed E-state index contributed by atoms with van der Waals surface area (Å²) >= 11 is 0. The number of nitrogens with zero attached hydrogens (tertiary/aromatic N) is 4. The second kappa shape index (κ2) is 25.1. The zero-order chi connectivity index (χ0) is 50.1. The SMILES string of the molecule is CS(=O)(=O)c1nnc(-c2ccc(C(=O)NCC(CNC(=O)c3ccc(-c4nnc(S(C)(=O)=O)o4)cc3)C(=O)NCCOCCOCCOCCOCCC(=O)Oc3c(F)c(F)cc(F)c3F)cc2)o1. The van der Waals surface area contributed by atoms with Gasteiger partial charge in [-0.2, -0.15) is 8.78 Å². The maximum Gasteiger partial charge on any atom is 0.335 e. The van der Waals surface area contributed by atoms with Crippen molar-refractivity contribution in [2.45, 2.75) is 16.9 Å². The van der Waals surface area contributed by atoms with Gasteiger partial charge >= 0.3 is 16.4 Å². The standard InChI is InChI=1S/C41H43F4N7O15S2/c1-68(57,58)40-51-49-38(66-40)26-7-3-24(4-8-26)35(54)47-22-28(23-48-36(55)25-5-9-27(10-6-25)39-50-52-41(67-39)69(2,59)60)37(56)46-12-14-62-16-18-64-20-19-63-17-15-61-13-11-31(53)65-34-32(44)29(42)21-30(43)33(34)45/h3-10,21,28H,11-20,22-23H2,1-2H3,(H,46,56)(H,47,54)(H,48,55). The zero-order valence-corrected chi connectivity index (χ0v) is 38.1. The summed E-state index contributed by atoms with van der Waals surface area (Å²) < 4.78 is 137. The van der Waals surface area contributed by atoms with Gasteiger partial charge in [0.2, 0.25) is 54.7 Å². The van der Waals surface area contributed by atoms with Gasteiger partial charge in [0.15, 0.2) is 11.6 Å². The van der Waals surface area contributed by atoms with Crippen LogP contribution in [0.4, 0.5) is 17.6 Å². The lowest BCUT2D eigenvalue weighted by Gasteiger charge is -2.18. The van der Waals surface area contributed by atoms with Crippen LogP contribution in [0, 0.1) is 29.2 Å². The molecule has 0 spiro atoms. The third-order valence-corrected chi connectivity index (χ3v) is 10.6. The van der Waals surface area contributed by atoms with Crippen LogP contribution in [0.5, 0.6) is 5.75 Å². The lowest BCUT2D eigenvalue weighted by Crippen LogP contribution is -2.45. The molecule has 3 aromatic carbocycles. The van der Waals surface area contributed by atoms with Crippen molar-refractivity contribution < 1.29 is 86.1 Å². The van der Waals surface area contributed by atoms with Crippen LogP contribution in [-0.2, 0) is 48.2 Å². The number of aromatic nitrogens is 4. The van der Waals surface area contributed by atoms with E-state index < -0.39 is 95.2 Å². The molecule has 3 N–H and O–H groups in total. The Morgan fingerprint density at radius 2 is 0.986 bits per heavy atom. The number of hydrogen-bond donors (Lipinski definition) is 3. The molecule has 0 bridgehead atoms. The van der Waals surface area contributed by atoms with E-state index in [0.717, 1.165) is 12.5 Å². The van der Waals surface area contributed by atoms with E-state index in [-0.39, 0.29) is 101 Å². The lowest BCUT2D eigenvalue weighted by molar-refractivity contribution is -0.136. The van der Waals surface area contributed by atoms with Gasteiger partial charge in [-0.05, 0) is 48.5 Å². The van der Waals surface area contributed by atoms with Crippen LogP contribution in [0.2, 0.25) is 0 Å². The predicted octanol–water partition coefficient (Wildman–Crippen LogP) is 2.10. The minimum absolute atomic E-state index is 0.0152. The first kappa shape index (κ1) is 53.2. The van der Waals surface area contributed by atoms with Crippen molar-refractivity contribution in [3.63, 3.8) is 0 Å². The maximum atomic E-state index is 13.6. The molecule has 0 aliphatic carbocycles. The van der Waals surface area contributed by atoms with Crippen molar-refractivity contribution in [2.24, 2.45) is 5.92 Å². The Hall–Kier alpha value is -6.72. The van der Waals surface area contributed by atoms with Crippen molar-refractivity contribution in [3.8, 4) is 28.7 Å². The number of halogens is 4. The van der Waals surface area contributed by atoms with Gasteiger partial charge in [-0.3, -0.25) is 19.2 Å². The van der Waals surface area contributed by atoms with Crippen molar-refractivity contribution >= 4 is 43.4 Å². The Morgan fingerprint density at radius 3 is 1.39 bits per heavy atom. The molecule has 0 unspecified atom stereocenters. The van der Waals surface area contributed by atoms with Crippen LogP contribution in [-0.4, -0.2) is 146 Å². The van der Waals surface area contributed by atoms with E-state index in [1.807, 2.05) is 0 Å². The Morgan fingerprint density at radius 1 is 0.580 bits per heavy atom. The molecular weight excluding hydrogens is 971 g/mol. The number of carbonyl (C=O) groups excluding carboxylic acids is 4. The number of amides is 3. The van der Waals surface area contributed by atoms with E-state index in [1.54, 1.807) is 0 Å². The zero-order valence-electron chi connectivity index (χ0n) is 36.5. The fourth-order valence-corrected chi connectivity index (χ4v) is 6.33. The molecule has 22 nitrogen and oxygen atoms in total. The molecular formula is C41H43F4N7O15S2. The molecule has 0 saturated heterocycles. The van der Waals surface area contributed by atoms with Gasteiger partial charge in [0.25, 0.3) is 11.8 Å². The average molecular weight is 1010 g/mol.